The Morgan fingerprint density at radius 3 is 2.71 bits per heavy atom. The van der Waals surface area contributed by atoms with Crippen molar-refractivity contribution < 1.29 is 9.53 Å². The van der Waals surface area contributed by atoms with Crippen LogP contribution in [0, 0.1) is 12.3 Å². The molecule has 0 bridgehead atoms. The Morgan fingerprint density at radius 2 is 2.14 bits per heavy atom. The molecule has 1 fully saturated rings. The Bertz CT molecular complexity index is 227. The van der Waals surface area contributed by atoms with Gasteiger partial charge in [-0.25, -0.2) is 4.79 Å². The van der Waals surface area contributed by atoms with Crippen LogP contribution in [0.15, 0.2) is 0 Å². The molecule has 0 spiro atoms. The molecule has 0 heterocycles. The van der Waals surface area contributed by atoms with Gasteiger partial charge in [0.25, 0.3) is 0 Å². The highest BCUT2D eigenvalue weighted by molar-refractivity contribution is 5.67. The Hall–Kier alpha value is -1.21. The van der Waals surface area contributed by atoms with Gasteiger partial charge in [0.05, 0.1) is 0 Å². The van der Waals surface area contributed by atoms with Crippen molar-refractivity contribution in [2.24, 2.45) is 5.73 Å². The fourth-order valence-electron chi connectivity index (χ4n) is 1.58. The van der Waals surface area contributed by atoms with Gasteiger partial charge in [-0.3, -0.25) is 0 Å². The van der Waals surface area contributed by atoms with Crippen molar-refractivity contribution in [2.45, 2.75) is 37.8 Å². The van der Waals surface area contributed by atoms with E-state index in [0.29, 0.717) is 0 Å². The van der Waals surface area contributed by atoms with Gasteiger partial charge in [-0.15, -0.1) is 6.42 Å². The summed E-state index contributed by atoms with van der Waals surface area (Å²) < 4.78 is 4.70. The fraction of sp³-hybridized carbons (Fsp3) is 0.700. The summed E-state index contributed by atoms with van der Waals surface area (Å²) >= 11 is 0. The van der Waals surface area contributed by atoms with Crippen molar-refractivity contribution in [3.8, 4) is 12.3 Å². The number of hydrogen-bond acceptors (Lipinski definition) is 3. The Morgan fingerprint density at radius 1 is 1.50 bits per heavy atom. The van der Waals surface area contributed by atoms with Gasteiger partial charge in [0.2, 0.25) is 0 Å². The van der Waals surface area contributed by atoms with Gasteiger partial charge in [0.1, 0.15) is 0 Å². The Kier molecular flexibility index (Phi) is 4.27. The van der Waals surface area contributed by atoms with Crippen LogP contribution in [0.2, 0.25) is 0 Å². The van der Waals surface area contributed by atoms with Crippen LogP contribution < -0.4 is 11.1 Å². The zero-order valence-electron chi connectivity index (χ0n) is 8.16. The molecule has 14 heavy (non-hydrogen) atoms. The largest absolute Gasteiger partial charge is 0.436 e. The van der Waals surface area contributed by atoms with Gasteiger partial charge in [0, 0.05) is 12.1 Å². The van der Waals surface area contributed by atoms with Crippen LogP contribution in [0.1, 0.15) is 25.7 Å². The number of amides is 1. The van der Waals surface area contributed by atoms with Crippen LogP contribution in [-0.4, -0.2) is 24.8 Å². The van der Waals surface area contributed by atoms with E-state index in [-0.39, 0.29) is 18.7 Å². The third-order valence-corrected chi connectivity index (χ3v) is 2.38. The maximum absolute atomic E-state index is 11.1. The third-order valence-electron chi connectivity index (χ3n) is 2.38. The highest BCUT2D eigenvalue weighted by atomic mass is 16.5. The van der Waals surface area contributed by atoms with Crippen molar-refractivity contribution >= 4 is 6.09 Å². The number of hydrogen-bond donors (Lipinski definition) is 2. The quantitative estimate of drug-likeness (QED) is 0.636. The summed E-state index contributed by atoms with van der Waals surface area (Å²) in [7, 11) is 0. The molecule has 0 radical (unpaired) electrons. The second-order valence-electron chi connectivity index (χ2n) is 3.54. The molecule has 4 nitrogen and oxygen atoms in total. The van der Waals surface area contributed by atoms with E-state index in [9.17, 15) is 4.79 Å². The lowest BCUT2D eigenvalue weighted by Gasteiger charge is -2.26. The van der Waals surface area contributed by atoms with E-state index in [1.54, 1.807) is 0 Å². The number of nitrogens with two attached hydrogens (primary N) is 1. The van der Waals surface area contributed by atoms with Crippen LogP contribution in [0.25, 0.3) is 0 Å². The summed E-state index contributed by atoms with van der Waals surface area (Å²) in [5.41, 5.74) is 5.74. The molecule has 1 saturated carbocycles. The van der Waals surface area contributed by atoms with Gasteiger partial charge in [0.15, 0.2) is 6.61 Å². The molecule has 0 unspecified atom stereocenters. The van der Waals surface area contributed by atoms with Crippen LogP contribution in [0.3, 0.4) is 0 Å². The molecule has 0 saturated heterocycles. The molecule has 1 amide bonds. The highest BCUT2D eigenvalue weighted by Gasteiger charge is 2.20. The first kappa shape index (κ1) is 10.9. The number of carbonyl (C=O) groups excluding carboxylic acids is 1. The predicted octanol–water partition coefficient (Wildman–Crippen LogP) is 0.616. The van der Waals surface area contributed by atoms with Gasteiger partial charge >= 0.3 is 6.09 Å². The summed E-state index contributed by atoms with van der Waals surface area (Å²) in [6, 6.07) is 0.481. The zero-order valence-corrected chi connectivity index (χ0v) is 8.16. The number of rotatable bonds is 2. The summed E-state index contributed by atoms with van der Waals surface area (Å²) in [6.45, 7) is 0.0259. The summed E-state index contributed by atoms with van der Waals surface area (Å²) in [5, 5.41) is 2.76. The standard InChI is InChI=1S/C10H16N2O2/c1-2-7-14-10(13)12-9-5-3-8(11)4-6-9/h1,8-9H,3-7,11H2,(H,12,13). The molecule has 1 aliphatic rings. The highest BCUT2D eigenvalue weighted by Crippen LogP contribution is 2.16. The molecule has 4 heteroatoms. The number of ether oxygens (including phenoxy) is 1. The maximum atomic E-state index is 11.1. The number of terminal acetylenes is 1. The van der Waals surface area contributed by atoms with Gasteiger partial charge in [-0.1, -0.05) is 5.92 Å². The molecule has 0 aliphatic heterocycles. The molecule has 0 aromatic carbocycles. The molecule has 0 aromatic heterocycles. The minimum absolute atomic E-state index is 0.0259. The zero-order chi connectivity index (χ0) is 10.4. The average Bonchev–Trinajstić information content (AvgIpc) is 2.18. The van der Waals surface area contributed by atoms with E-state index in [1.165, 1.54) is 0 Å². The van der Waals surface area contributed by atoms with E-state index in [1.807, 2.05) is 0 Å². The van der Waals surface area contributed by atoms with Crippen LogP contribution in [-0.2, 0) is 4.74 Å². The Labute approximate surface area is 84.2 Å². The molecule has 0 atom stereocenters. The molecular weight excluding hydrogens is 180 g/mol. The lowest BCUT2D eigenvalue weighted by Crippen LogP contribution is -2.40. The topological polar surface area (TPSA) is 64.3 Å². The van der Waals surface area contributed by atoms with Crippen LogP contribution in [0.4, 0.5) is 4.79 Å². The molecule has 1 rings (SSSR count). The lowest BCUT2D eigenvalue weighted by molar-refractivity contribution is 0.152. The fourth-order valence-corrected chi connectivity index (χ4v) is 1.58. The lowest BCUT2D eigenvalue weighted by atomic mass is 9.92. The Balaban J connectivity index is 2.18. The minimum atomic E-state index is -0.427. The maximum Gasteiger partial charge on any atom is 0.408 e. The third kappa shape index (κ3) is 3.67. The smallest absolute Gasteiger partial charge is 0.408 e. The molecule has 78 valence electrons. The van der Waals surface area contributed by atoms with Crippen molar-refractivity contribution in [3.63, 3.8) is 0 Å². The van der Waals surface area contributed by atoms with Gasteiger partial charge < -0.3 is 15.8 Å². The molecular formula is C10H16N2O2. The van der Waals surface area contributed by atoms with E-state index in [2.05, 4.69) is 11.2 Å². The number of carbonyl (C=O) groups is 1. The molecule has 1 aliphatic carbocycles. The van der Waals surface area contributed by atoms with Gasteiger partial charge in [-0.2, -0.15) is 0 Å². The van der Waals surface area contributed by atoms with Crippen molar-refractivity contribution in [3.05, 3.63) is 0 Å². The number of alkyl carbamates (subject to hydrolysis) is 1. The van der Waals surface area contributed by atoms with E-state index >= 15 is 0 Å². The van der Waals surface area contributed by atoms with E-state index in [0.717, 1.165) is 25.7 Å². The first-order valence-corrected chi connectivity index (χ1v) is 4.84. The van der Waals surface area contributed by atoms with E-state index < -0.39 is 6.09 Å². The molecule has 0 aromatic rings. The van der Waals surface area contributed by atoms with Crippen LogP contribution >= 0.6 is 0 Å². The number of nitrogens with one attached hydrogen (secondary N) is 1. The second-order valence-corrected chi connectivity index (χ2v) is 3.54. The first-order valence-electron chi connectivity index (χ1n) is 4.84. The van der Waals surface area contributed by atoms with Crippen molar-refractivity contribution in [1.82, 2.24) is 5.32 Å². The predicted molar refractivity (Wildman–Crippen MR) is 53.5 cm³/mol. The summed E-state index contributed by atoms with van der Waals surface area (Å²) in [5.74, 6) is 2.24. The monoisotopic (exact) mass is 196 g/mol. The average molecular weight is 196 g/mol. The molecule has 3 N–H and O–H groups in total. The van der Waals surface area contributed by atoms with Gasteiger partial charge in [-0.05, 0) is 25.7 Å². The van der Waals surface area contributed by atoms with Crippen LogP contribution in [0.5, 0.6) is 0 Å². The van der Waals surface area contributed by atoms with E-state index in [4.69, 9.17) is 16.9 Å². The SMILES string of the molecule is C#CCOC(=O)NC1CCC(N)CC1. The summed E-state index contributed by atoms with van der Waals surface area (Å²) in [4.78, 5) is 11.1. The summed E-state index contributed by atoms with van der Waals surface area (Å²) in [6.07, 6.45) is 8.29. The van der Waals surface area contributed by atoms with Crippen molar-refractivity contribution in [1.29, 1.82) is 0 Å². The first-order chi connectivity index (χ1) is 6.72. The minimum Gasteiger partial charge on any atom is -0.436 e. The normalized spacial score (nSPS) is 26.3. The second kappa shape index (κ2) is 5.51. The van der Waals surface area contributed by atoms with Crippen molar-refractivity contribution in [2.75, 3.05) is 6.61 Å².